The van der Waals surface area contributed by atoms with Gasteiger partial charge in [0.25, 0.3) is 0 Å². The lowest BCUT2D eigenvalue weighted by molar-refractivity contribution is 0.549. The van der Waals surface area contributed by atoms with E-state index in [9.17, 15) is 0 Å². The van der Waals surface area contributed by atoms with Crippen molar-refractivity contribution >= 4 is 23.4 Å². The largest absolute Gasteiger partial charge is 0.313 e. The minimum Gasteiger partial charge on any atom is -0.313 e. The molecule has 18 heavy (non-hydrogen) atoms. The van der Waals surface area contributed by atoms with Gasteiger partial charge in [-0.2, -0.15) is 16.9 Å². The Morgan fingerprint density at radius 2 is 2.11 bits per heavy atom. The third kappa shape index (κ3) is 4.48. The van der Waals surface area contributed by atoms with Gasteiger partial charge in [-0.1, -0.05) is 32.4 Å². The van der Waals surface area contributed by atoms with Gasteiger partial charge in [0.1, 0.15) is 0 Å². The first kappa shape index (κ1) is 15.9. The highest BCUT2D eigenvalue weighted by atomic mass is 35.5. The van der Waals surface area contributed by atoms with Crippen molar-refractivity contribution < 1.29 is 0 Å². The fourth-order valence-electron chi connectivity index (χ4n) is 1.92. The zero-order valence-electron chi connectivity index (χ0n) is 12.0. The van der Waals surface area contributed by atoms with Crippen LogP contribution in [0.25, 0.3) is 0 Å². The summed E-state index contributed by atoms with van der Waals surface area (Å²) in [6, 6.07) is 0.453. The molecule has 0 aliphatic rings. The Morgan fingerprint density at radius 3 is 2.56 bits per heavy atom. The Balaban J connectivity index is 2.70. The second-order valence-corrected chi connectivity index (χ2v) is 6.80. The van der Waals surface area contributed by atoms with Crippen LogP contribution in [-0.4, -0.2) is 33.4 Å². The van der Waals surface area contributed by atoms with Crippen LogP contribution in [0.15, 0.2) is 0 Å². The van der Waals surface area contributed by atoms with E-state index in [4.69, 9.17) is 11.6 Å². The number of thioether (sulfide) groups is 1. The molecule has 104 valence electrons. The van der Waals surface area contributed by atoms with Crippen molar-refractivity contribution in [2.75, 3.05) is 12.3 Å². The number of rotatable bonds is 7. The van der Waals surface area contributed by atoms with Crippen molar-refractivity contribution in [3.8, 4) is 0 Å². The molecule has 5 heteroatoms. The monoisotopic (exact) mass is 289 g/mol. The molecule has 0 saturated heterocycles. The first-order valence-electron chi connectivity index (χ1n) is 6.48. The molecular formula is C13H24ClN3S. The maximum absolute atomic E-state index is 6.30. The summed E-state index contributed by atoms with van der Waals surface area (Å²) >= 11 is 8.28. The Kier molecular flexibility index (Phi) is 6.53. The fraction of sp³-hybridized carbons (Fsp3) is 0.769. The molecule has 1 heterocycles. The number of likely N-dealkylation sites (N-methyl/N-ethyl adjacent to an activating group) is 1. The Morgan fingerprint density at radius 1 is 1.44 bits per heavy atom. The number of halogens is 1. The van der Waals surface area contributed by atoms with Gasteiger partial charge in [-0.25, -0.2) is 0 Å². The minimum absolute atomic E-state index is 0.453. The molecule has 0 saturated carbocycles. The molecule has 0 amide bonds. The van der Waals surface area contributed by atoms with Crippen molar-refractivity contribution in [1.29, 1.82) is 0 Å². The highest BCUT2D eigenvalue weighted by Gasteiger charge is 2.16. The lowest BCUT2D eigenvalue weighted by Gasteiger charge is -2.19. The predicted molar refractivity (Wildman–Crippen MR) is 81.7 cm³/mol. The van der Waals surface area contributed by atoms with E-state index in [2.05, 4.69) is 31.2 Å². The molecule has 1 unspecified atom stereocenters. The molecular weight excluding hydrogens is 266 g/mol. The normalized spacial score (nSPS) is 13.3. The molecule has 3 nitrogen and oxygen atoms in total. The highest BCUT2D eigenvalue weighted by molar-refractivity contribution is 7.99. The molecule has 0 fully saturated rings. The third-order valence-corrected chi connectivity index (χ3v) is 4.58. The van der Waals surface area contributed by atoms with E-state index in [0.717, 1.165) is 35.1 Å². The standard InChI is InChI=1S/C13H24ClN3S/c1-6-15-11(8-18-9(2)3)7-12-13(14)10(4)16-17(12)5/h9,11,15H,6-8H2,1-5H3. The lowest BCUT2D eigenvalue weighted by atomic mass is 10.1. The van der Waals surface area contributed by atoms with Gasteiger partial charge < -0.3 is 5.32 Å². The topological polar surface area (TPSA) is 29.9 Å². The first-order valence-corrected chi connectivity index (χ1v) is 7.91. The number of nitrogens with zero attached hydrogens (tertiary/aromatic N) is 2. The summed E-state index contributed by atoms with van der Waals surface area (Å²) in [6.07, 6.45) is 0.934. The van der Waals surface area contributed by atoms with Gasteiger partial charge in [-0.05, 0) is 18.7 Å². The van der Waals surface area contributed by atoms with Gasteiger partial charge in [-0.3, -0.25) is 4.68 Å². The SMILES string of the molecule is CCNC(CSC(C)C)Cc1c(Cl)c(C)nn1C. The summed E-state index contributed by atoms with van der Waals surface area (Å²) < 4.78 is 1.90. The highest BCUT2D eigenvalue weighted by Crippen LogP contribution is 2.22. The number of nitrogens with one attached hydrogen (secondary N) is 1. The zero-order valence-corrected chi connectivity index (χ0v) is 13.5. The fourth-order valence-corrected chi connectivity index (χ4v) is 3.01. The molecule has 1 atom stereocenters. The Bertz CT molecular complexity index is 377. The van der Waals surface area contributed by atoms with Crippen LogP contribution in [0.3, 0.4) is 0 Å². The average Bonchev–Trinajstić information content (AvgIpc) is 2.53. The van der Waals surface area contributed by atoms with Crippen LogP contribution in [0, 0.1) is 6.92 Å². The van der Waals surface area contributed by atoms with Crippen LogP contribution in [-0.2, 0) is 13.5 Å². The molecule has 0 aliphatic heterocycles. The molecule has 0 aliphatic carbocycles. The molecule has 1 N–H and O–H groups in total. The van der Waals surface area contributed by atoms with Gasteiger partial charge in [0.2, 0.25) is 0 Å². The molecule has 0 bridgehead atoms. The summed E-state index contributed by atoms with van der Waals surface area (Å²) in [5, 5.41) is 9.38. The van der Waals surface area contributed by atoms with Gasteiger partial charge in [0.15, 0.2) is 0 Å². The number of aromatic nitrogens is 2. The molecule has 0 spiro atoms. The van der Waals surface area contributed by atoms with Crippen molar-refractivity contribution in [3.63, 3.8) is 0 Å². The molecule has 1 aromatic heterocycles. The zero-order chi connectivity index (χ0) is 13.7. The van der Waals surface area contributed by atoms with E-state index in [1.807, 2.05) is 30.4 Å². The van der Waals surface area contributed by atoms with Crippen molar-refractivity contribution in [2.24, 2.45) is 7.05 Å². The van der Waals surface area contributed by atoms with Crippen LogP contribution in [0.1, 0.15) is 32.2 Å². The van der Waals surface area contributed by atoms with E-state index in [1.54, 1.807) is 0 Å². The lowest BCUT2D eigenvalue weighted by Crippen LogP contribution is -2.34. The molecule has 1 aromatic rings. The van der Waals surface area contributed by atoms with Crippen LogP contribution in [0.5, 0.6) is 0 Å². The predicted octanol–water partition coefficient (Wildman–Crippen LogP) is 3.04. The number of aryl methyl sites for hydroxylation is 2. The van der Waals surface area contributed by atoms with Crippen LogP contribution in [0.2, 0.25) is 5.02 Å². The van der Waals surface area contributed by atoms with Crippen LogP contribution < -0.4 is 5.32 Å². The van der Waals surface area contributed by atoms with Gasteiger partial charge in [-0.15, -0.1) is 0 Å². The third-order valence-electron chi connectivity index (χ3n) is 2.82. The second kappa shape index (κ2) is 7.41. The summed E-state index contributed by atoms with van der Waals surface area (Å²) in [5.74, 6) is 1.10. The molecule has 0 radical (unpaired) electrons. The average molecular weight is 290 g/mol. The maximum atomic E-state index is 6.30. The Hall–Kier alpha value is -0.190. The van der Waals surface area contributed by atoms with Crippen molar-refractivity contribution in [3.05, 3.63) is 16.4 Å². The van der Waals surface area contributed by atoms with Crippen molar-refractivity contribution in [1.82, 2.24) is 15.1 Å². The quantitative estimate of drug-likeness (QED) is 0.837. The molecule has 1 rings (SSSR count). The maximum Gasteiger partial charge on any atom is 0.0847 e. The van der Waals surface area contributed by atoms with Crippen LogP contribution >= 0.6 is 23.4 Å². The summed E-state index contributed by atoms with van der Waals surface area (Å²) in [6.45, 7) is 9.54. The van der Waals surface area contributed by atoms with Gasteiger partial charge >= 0.3 is 0 Å². The number of hydrogen-bond acceptors (Lipinski definition) is 3. The summed E-state index contributed by atoms with van der Waals surface area (Å²) in [5.41, 5.74) is 2.05. The van der Waals surface area contributed by atoms with Gasteiger partial charge in [0.05, 0.1) is 16.4 Å². The summed E-state index contributed by atoms with van der Waals surface area (Å²) in [4.78, 5) is 0. The van der Waals surface area contributed by atoms with E-state index < -0.39 is 0 Å². The Labute approximate surface area is 120 Å². The van der Waals surface area contributed by atoms with E-state index in [0.29, 0.717) is 11.3 Å². The van der Waals surface area contributed by atoms with Gasteiger partial charge in [0, 0.05) is 25.3 Å². The van der Waals surface area contributed by atoms with E-state index in [1.165, 1.54) is 0 Å². The summed E-state index contributed by atoms with van der Waals surface area (Å²) in [7, 11) is 1.97. The van der Waals surface area contributed by atoms with Crippen molar-refractivity contribution in [2.45, 2.75) is 45.4 Å². The minimum atomic E-state index is 0.453. The second-order valence-electron chi connectivity index (χ2n) is 4.81. The van der Waals surface area contributed by atoms with Crippen LogP contribution in [0.4, 0.5) is 0 Å². The van der Waals surface area contributed by atoms with E-state index in [-0.39, 0.29) is 0 Å². The molecule has 0 aromatic carbocycles. The number of hydrogen-bond donors (Lipinski definition) is 1. The smallest absolute Gasteiger partial charge is 0.0847 e. The first-order chi connectivity index (χ1) is 8.45. The van der Waals surface area contributed by atoms with E-state index >= 15 is 0 Å².